The predicted octanol–water partition coefficient (Wildman–Crippen LogP) is 0.300. The summed E-state index contributed by atoms with van der Waals surface area (Å²) in [4.78, 5) is 27.4. The summed E-state index contributed by atoms with van der Waals surface area (Å²) in [5.74, 6) is -2.79. The Morgan fingerprint density at radius 1 is 1.31 bits per heavy atom. The first kappa shape index (κ1) is 10.2. The summed E-state index contributed by atoms with van der Waals surface area (Å²) in [5, 5.41) is 0. The maximum Gasteiger partial charge on any atom is 0.280 e. The molecule has 0 radical (unpaired) electrons. The van der Waals surface area contributed by atoms with Crippen molar-refractivity contribution in [1.29, 1.82) is 0 Å². The van der Waals surface area contributed by atoms with Crippen LogP contribution in [0.1, 0.15) is 10.5 Å². The maximum atomic E-state index is 13.2. The van der Waals surface area contributed by atoms with E-state index >= 15 is 0 Å². The van der Waals surface area contributed by atoms with Crippen molar-refractivity contribution in [3.05, 3.63) is 39.8 Å². The highest BCUT2D eigenvalue weighted by Crippen LogP contribution is 2.15. The second kappa shape index (κ2) is 3.37. The summed E-state index contributed by atoms with van der Waals surface area (Å²) in [6.45, 7) is 0. The minimum absolute atomic E-state index is 0.394. The van der Waals surface area contributed by atoms with Gasteiger partial charge in [-0.1, -0.05) is 0 Å². The molecule has 0 saturated carbocycles. The third-order valence-electron chi connectivity index (χ3n) is 1.99. The van der Waals surface area contributed by atoms with Crippen LogP contribution in [0.2, 0.25) is 0 Å². The lowest BCUT2D eigenvalue weighted by molar-refractivity contribution is 0.0994. The maximum absolute atomic E-state index is 13.2. The second-order valence-corrected chi connectivity index (χ2v) is 3.03. The van der Waals surface area contributed by atoms with Crippen LogP contribution in [0.5, 0.6) is 0 Å². The van der Waals surface area contributed by atoms with Crippen LogP contribution >= 0.6 is 0 Å². The number of aromatic nitrogens is 2. The number of benzene rings is 1. The average molecular weight is 225 g/mol. The molecule has 16 heavy (non-hydrogen) atoms. The fourth-order valence-electron chi connectivity index (χ4n) is 1.27. The third-order valence-corrected chi connectivity index (χ3v) is 1.99. The molecule has 1 aromatic carbocycles. The molecule has 0 aliphatic carbocycles. The first-order valence-corrected chi connectivity index (χ1v) is 4.18. The Balaban J connectivity index is 2.95. The second-order valence-electron chi connectivity index (χ2n) is 3.03. The zero-order valence-corrected chi connectivity index (χ0v) is 7.75. The smallest absolute Gasteiger partial charge is 0.280 e. The largest absolute Gasteiger partial charge is 0.364 e. The van der Waals surface area contributed by atoms with Crippen LogP contribution in [0.4, 0.5) is 8.78 Å². The Labute approximate surface area is 86.9 Å². The number of hydrogen-bond acceptors (Lipinski definition) is 3. The number of aromatic amines is 1. The topological polar surface area (TPSA) is 88.8 Å². The van der Waals surface area contributed by atoms with Gasteiger partial charge in [0.2, 0.25) is 0 Å². The van der Waals surface area contributed by atoms with Crippen LogP contribution < -0.4 is 11.3 Å². The fourth-order valence-corrected chi connectivity index (χ4v) is 1.27. The molecule has 0 aliphatic heterocycles. The molecular weight excluding hydrogens is 220 g/mol. The first-order valence-electron chi connectivity index (χ1n) is 4.18. The Bertz CT molecular complexity index is 651. The Morgan fingerprint density at radius 3 is 2.56 bits per heavy atom. The van der Waals surface area contributed by atoms with Crippen LogP contribution in [0.25, 0.3) is 11.0 Å². The van der Waals surface area contributed by atoms with Crippen molar-refractivity contribution in [2.24, 2.45) is 5.73 Å². The molecule has 0 bridgehead atoms. The highest BCUT2D eigenvalue weighted by atomic mass is 19.1. The molecule has 5 nitrogen and oxygen atoms in total. The molecule has 1 heterocycles. The van der Waals surface area contributed by atoms with Gasteiger partial charge in [-0.15, -0.1) is 0 Å². The number of rotatable bonds is 1. The lowest BCUT2D eigenvalue weighted by Gasteiger charge is -2.01. The van der Waals surface area contributed by atoms with E-state index < -0.39 is 39.8 Å². The number of nitrogens with one attached hydrogen (secondary N) is 1. The normalized spacial score (nSPS) is 10.6. The van der Waals surface area contributed by atoms with E-state index in [2.05, 4.69) is 4.98 Å². The lowest BCUT2D eigenvalue weighted by atomic mass is 10.2. The summed E-state index contributed by atoms with van der Waals surface area (Å²) in [5.41, 5.74) is 2.42. The highest BCUT2D eigenvalue weighted by Gasteiger charge is 2.14. The fraction of sp³-hybridized carbons (Fsp3) is 0. The molecule has 3 N–H and O–H groups in total. The van der Waals surface area contributed by atoms with Crippen molar-refractivity contribution < 1.29 is 13.6 Å². The van der Waals surface area contributed by atoms with Crippen molar-refractivity contribution >= 4 is 16.9 Å². The highest BCUT2D eigenvalue weighted by molar-refractivity contribution is 5.92. The van der Waals surface area contributed by atoms with Gasteiger partial charge in [-0.2, -0.15) is 0 Å². The average Bonchev–Trinajstić information content (AvgIpc) is 2.23. The van der Waals surface area contributed by atoms with E-state index in [1.54, 1.807) is 0 Å². The zero-order valence-electron chi connectivity index (χ0n) is 7.75. The lowest BCUT2D eigenvalue weighted by Crippen LogP contribution is -2.26. The molecule has 0 saturated heterocycles. The van der Waals surface area contributed by atoms with Crippen LogP contribution in [-0.2, 0) is 0 Å². The van der Waals surface area contributed by atoms with Crippen molar-refractivity contribution in [1.82, 2.24) is 9.97 Å². The summed E-state index contributed by atoms with van der Waals surface area (Å²) < 4.78 is 26.4. The Hall–Kier alpha value is -2.31. The van der Waals surface area contributed by atoms with Crippen molar-refractivity contribution in [2.75, 3.05) is 0 Å². The van der Waals surface area contributed by atoms with Crippen LogP contribution in [0, 0.1) is 11.6 Å². The van der Waals surface area contributed by atoms with Gasteiger partial charge in [-0.25, -0.2) is 13.8 Å². The number of carbonyl (C=O) groups excluding carboxylic acids is 1. The number of hydrogen-bond donors (Lipinski definition) is 2. The SMILES string of the molecule is NC(=O)c1nc2c(F)ccc(F)c2[nH]c1=O. The Kier molecular flexibility index (Phi) is 2.15. The third kappa shape index (κ3) is 1.42. The Morgan fingerprint density at radius 2 is 1.94 bits per heavy atom. The van der Waals surface area contributed by atoms with Gasteiger partial charge in [0.25, 0.3) is 11.5 Å². The van der Waals surface area contributed by atoms with Gasteiger partial charge in [-0.05, 0) is 12.1 Å². The zero-order chi connectivity index (χ0) is 11.9. The van der Waals surface area contributed by atoms with Gasteiger partial charge < -0.3 is 10.7 Å². The number of primary amides is 1. The number of nitrogens with zero attached hydrogens (tertiary/aromatic N) is 1. The quantitative estimate of drug-likeness (QED) is 0.731. The molecule has 0 unspecified atom stereocenters. The number of nitrogens with two attached hydrogens (primary N) is 1. The standard InChI is InChI=1S/C9H5F2N3O2/c10-3-1-2-4(11)6-5(3)13-7(8(12)15)9(16)14-6/h1-2H,(H2,12,15)(H,14,16). The molecule has 0 aliphatic rings. The van der Waals surface area contributed by atoms with E-state index in [9.17, 15) is 18.4 Å². The monoisotopic (exact) mass is 225 g/mol. The molecule has 0 atom stereocenters. The molecule has 2 rings (SSSR count). The number of carbonyl (C=O) groups is 1. The summed E-state index contributed by atoms with van der Waals surface area (Å²) in [6.07, 6.45) is 0. The van der Waals surface area contributed by atoms with E-state index in [0.717, 1.165) is 12.1 Å². The van der Waals surface area contributed by atoms with Gasteiger partial charge in [-0.3, -0.25) is 9.59 Å². The van der Waals surface area contributed by atoms with E-state index in [1.165, 1.54) is 0 Å². The van der Waals surface area contributed by atoms with E-state index in [-0.39, 0.29) is 0 Å². The van der Waals surface area contributed by atoms with E-state index in [4.69, 9.17) is 5.73 Å². The number of amides is 1. The summed E-state index contributed by atoms with van der Waals surface area (Å²) in [6, 6.07) is 1.69. The minimum Gasteiger partial charge on any atom is -0.364 e. The minimum atomic E-state index is -1.10. The summed E-state index contributed by atoms with van der Waals surface area (Å²) in [7, 11) is 0. The molecule has 1 aromatic heterocycles. The molecule has 2 aromatic rings. The molecule has 82 valence electrons. The molecule has 0 spiro atoms. The molecular formula is C9H5F2N3O2. The van der Waals surface area contributed by atoms with Crippen molar-refractivity contribution in [3.8, 4) is 0 Å². The van der Waals surface area contributed by atoms with Gasteiger partial charge in [0.1, 0.15) is 16.9 Å². The van der Waals surface area contributed by atoms with Gasteiger partial charge in [0.05, 0.1) is 0 Å². The number of H-pyrrole nitrogens is 1. The van der Waals surface area contributed by atoms with E-state index in [1.807, 2.05) is 4.98 Å². The van der Waals surface area contributed by atoms with Crippen LogP contribution in [0.3, 0.4) is 0 Å². The molecule has 7 heteroatoms. The predicted molar refractivity (Wildman–Crippen MR) is 50.8 cm³/mol. The summed E-state index contributed by atoms with van der Waals surface area (Å²) >= 11 is 0. The van der Waals surface area contributed by atoms with Gasteiger partial charge in [0.15, 0.2) is 11.5 Å². The van der Waals surface area contributed by atoms with Crippen LogP contribution in [0.15, 0.2) is 16.9 Å². The van der Waals surface area contributed by atoms with E-state index in [0.29, 0.717) is 0 Å². The van der Waals surface area contributed by atoms with Crippen molar-refractivity contribution in [3.63, 3.8) is 0 Å². The number of fused-ring (bicyclic) bond motifs is 1. The number of halogens is 2. The van der Waals surface area contributed by atoms with Crippen LogP contribution in [-0.4, -0.2) is 15.9 Å². The van der Waals surface area contributed by atoms with Gasteiger partial charge in [0, 0.05) is 0 Å². The first-order chi connectivity index (χ1) is 7.50. The van der Waals surface area contributed by atoms with Gasteiger partial charge >= 0.3 is 0 Å². The van der Waals surface area contributed by atoms with Crippen molar-refractivity contribution in [2.45, 2.75) is 0 Å². The molecule has 1 amide bonds. The molecule has 0 fully saturated rings.